The molecule has 4 heterocycles. The van der Waals surface area contributed by atoms with Crippen molar-refractivity contribution < 1.29 is 9.13 Å². The minimum Gasteiger partial charge on any atom is -0.495 e. The topological polar surface area (TPSA) is 89.9 Å². The summed E-state index contributed by atoms with van der Waals surface area (Å²) in [5.41, 5.74) is -0.306. The average Bonchev–Trinajstić information content (AvgIpc) is 3.18. The fourth-order valence-electron chi connectivity index (χ4n) is 3.41. The van der Waals surface area contributed by atoms with Gasteiger partial charge >= 0.3 is 5.69 Å². The first-order chi connectivity index (χ1) is 15.0. The summed E-state index contributed by atoms with van der Waals surface area (Å²) in [5.74, 6) is -0.0533. The number of nitrogens with one attached hydrogen (secondary N) is 1. The van der Waals surface area contributed by atoms with Crippen molar-refractivity contribution in [1.29, 1.82) is 0 Å². The van der Waals surface area contributed by atoms with Gasteiger partial charge in [0, 0.05) is 27.4 Å². The van der Waals surface area contributed by atoms with Crippen molar-refractivity contribution in [2.75, 3.05) is 7.11 Å². The Hall–Kier alpha value is -3.56. The molecule has 0 aliphatic rings. The lowest BCUT2D eigenvalue weighted by Crippen LogP contribution is -2.33. The summed E-state index contributed by atoms with van der Waals surface area (Å²) >= 11 is 7.37. The molecule has 0 atom stereocenters. The molecule has 4 aromatic heterocycles. The molecule has 0 saturated carbocycles. The summed E-state index contributed by atoms with van der Waals surface area (Å²) in [6.07, 6.45) is 4.25. The quantitative estimate of drug-likeness (QED) is 0.413. The summed E-state index contributed by atoms with van der Waals surface area (Å²) in [6, 6.07) is 7.81. The van der Waals surface area contributed by atoms with E-state index >= 15 is 0 Å². The number of nitrogens with zero attached hydrogens (tertiary/aromatic N) is 3. The molecular formula is C21H12ClFN4O3S. The van der Waals surface area contributed by atoms with Crippen LogP contribution in [0.3, 0.4) is 0 Å². The molecule has 0 aliphatic carbocycles. The number of benzene rings is 1. The van der Waals surface area contributed by atoms with Crippen LogP contribution in [-0.4, -0.2) is 26.6 Å². The summed E-state index contributed by atoms with van der Waals surface area (Å²) in [6.45, 7) is 0. The van der Waals surface area contributed by atoms with Crippen molar-refractivity contribution in [2.45, 2.75) is 0 Å². The van der Waals surface area contributed by atoms with Gasteiger partial charge in [-0.2, -0.15) is 0 Å². The Labute approximate surface area is 182 Å². The number of thiophene rings is 1. The molecule has 0 saturated heterocycles. The number of aromatic amines is 1. The molecule has 31 heavy (non-hydrogen) atoms. The third-order valence-corrected chi connectivity index (χ3v) is 6.30. The normalized spacial score (nSPS) is 11.3. The van der Waals surface area contributed by atoms with E-state index in [1.165, 1.54) is 37.8 Å². The van der Waals surface area contributed by atoms with Crippen LogP contribution in [0, 0.1) is 5.82 Å². The molecule has 0 amide bonds. The molecule has 5 rings (SSSR count). The number of methoxy groups -OCH3 is 1. The minimum atomic E-state index is -0.700. The molecular weight excluding hydrogens is 443 g/mol. The number of hydrogen-bond acceptors (Lipinski definition) is 6. The van der Waals surface area contributed by atoms with Crippen molar-refractivity contribution in [3.63, 3.8) is 0 Å². The molecule has 1 N–H and O–H groups in total. The number of halogens is 2. The van der Waals surface area contributed by atoms with Crippen molar-refractivity contribution >= 4 is 43.9 Å². The lowest BCUT2D eigenvalue weighted by Gasteiger charge is -2.08. The van der Waals surface area contributed by atoms with Crippen molar-refractivity contribution in [3.8, 4) is 21.9 Å². The Bertz CT molecular complexity index is 1600. The Kier molecular flexibility index (Phi) is 4.57. The number of hydrogen-bond donors (Lipinski definition) is 1. The van der Waals surface area contributed by atoms with Crippen LogP contribution in [0.5, 0.6) is 5.75 Å². The number of H-pyrrole nitrogens is 1. The molecule has 1 aromatic carbocycles. The predicted octanol–water partition coefficient (Wildman–Crippen LogP) is 4.15. The first-order valence-electron chi connectivity index (χ1n) is 8.99. The first kappa shape index (κ1) is 19.4. The Morgan fingerprint density at radius 3 is 2.84 bits per heavy atom. The third kappa shape index (κ3) is 3.09. The Morgan fingerprint density at radius 1 is 1.19 bits per heavy atom. The number of aromatic nitrogens is 4. The van der Waals surface area contributed by atoms with Crippen LogP contribution < -0.4 is 16.0 Å². The lowest BCUT2D eigenvalue weighted by molar-refractivity contribution is 0.413. The van der Waals surface area contributed by atoms with Crippen LogP contribution in [0.25, 0.3) is 37.1 Å². The first-order valence-corrected chi connectivity index (χ1v) is 10.2. The van der Waals surface area contributed by atoms with Crippen molar-refractivity contribution in [2.24, 2.45) is 0 Å². The van der Waals surface area contributed by atoms with Gasteiger partial charge in [-0.05, 0) is 18.2 Å². The highest BCUT2D eigenvalue weighted by Crippen LogP contribution is 2.36. The van der Waals surface area contributed by atoms with E-state index in [1.54, 1.807) is 18.2 Å². The molecule has 0 spiro atoms. The zero-order valence-corrected chi connectivity index (χ0v) is 17.4. The second-order valence-electron chi connectivity index (χ2n) is 6.63. The highest BCUT2D eigenvalue weighted by atomic mass is 35.5. The fraction of sp³-hybridized carbons (Fsp3) is 0.0476. The zero-order valence-electron chi connectivity index (χ0n) is 15.8. The maximum absolute atomic E-state index is 14.6. The molecule has 154 valence electrons. The van der Waals surface area contributed by atoms with Gasteiger partial charge < -0.3 is 9.72 Å². The van der Waals surface area contributed by atoms with Crippen LogP contribution in [0.1, 0.15) is 0 Å². The molecule has 10 heteroatoms. The van der Waals surface area contributed by atoms with Gasteiger partial charge in [0.05, 0.1) is 30.7 Å². The van der Waals surface area contributed by atoms with Crippen LogP contribution in [0.2, 0.25) is 5.15 Å². The maximum atomic E-state index is 14.6. The molecule has 0 radical (unpaired) electrons. The van der Waals surface area contributed by atoms with Crippen molar-refractivity contribution in [1.82, 2.24) is 19.5 Å². The Morgan fingerprint density at radius 2 is 2.03 bits per heavy atom. The predicted molar refractivity (Wildman–Crippen MR) is 118 cm³/mol. The van der Waals surface area contributed by atoms with Crippen molar-refractivity contribution in [3.05, 3.63) is 80.7 Å². The van der Waals surface area contributed by atoms with Crippen LogP contribution in [0.15, 0.2) is 58.5 Å². The summed E-state index contributed by atoms with van der Waals surface area (Å²) < 4.78 is 20.9. The third-order valence-electron chi connectivity index (χ3n) is 4.84. The van der Waals surface area contributed by atoms with E-state index in [2.05, 4.69) is 15.0 Å². The van der Waals surface area contributed by atoms with Crippen LogP contribution in [0.4, 0.5) is 4.39 Å². The van der Waals surface area contributed by atoms with Gasteiger partial charge in [0.2, 0.25) is 0 Å². The van der Waals surface area contributed by atoms with Gasteiger partial charge in [0.25, 0.3) is 5.56 Å². The van der Waals surface area contributed by atoms with E-state index in [1.807, 2.05) is 0 Å². The second-order valence-corrected chi connectivity index (χ2v) is 8.04. The lowest BCUT2D eigenvalue weighted by atomic mass is 10.1. The van der Waals surface area contributed by atoms with Gasteiger partial charge in [0.15, 0.2) is 0 Å². The highest BCUT2D eigenvalue weighted by molar-refractivity contribution is 7.22. The summed E-state index contributed by atoms with van der Waals surface area (Å²) in [4.78, 5) is 37.6. The fourth-order valence-corrected chi connectivity index (χ4v) is 4.74. The summed E-state index contributed by atoms with van der Waals surface area (Å²) in [7, 11) is 1.51. The largest absolute Gasteiger partial charge is 0.495 e. The van der Waals surface area contributed by atoms with Gasteiger partial charge in [0.1, 0.15) is 21.4 Å². The molecule has 0 aliphatic heterocycles. The van der Waals surface area contributed by atoms with Crippen LogP contribution >= 0.6 is 22.9 Å². The number of ether oxygens (including phenoxy) is 1. The van der Waals surface area contributed by atoms with Gasteiger partial charge in [-0.25, -0.2) is 18.7 Å². The number of pyridine rings is 2. The molecule has 0 unspecified atom stereocenters. The number of fused-ring (bicyclic) bond motifs is 2. The molecule has 7 nitrogen and oxygen atoms in total. The summed E-state index contributed by atoms with van der Waals surface area (Å²) in [5, 5.41) is 0.849. The van der Waals surface area contributed by atoms with E-state index in [0.717, 1.165) is 15.9 Å². The Balaban J connectivity index is 1.79. The van der Waals surface area contributed by atoms with Gasteiger partial charge in [-0.15, -0.1) is 11.3 Å². The van der Waals surface area contributed by atoms with Gasteiger partial charge in [-0.3, -0.25) is 9.78 Å². The van der Waals surface area contributed by atoms with Crippen LogP contribution in [-0.2, 0) is 0 Å². The molecule has 0 fully saturated rings. The van der Waals surface area contributed by atoms with E-state index in [4.69, 9.17) is 16.3 Å². The van der Waals surface area contributed by atoms with Gasteiger partial charge in [-0.1, -0.05) is 23.7 Å². The maximum Gasteiger partial charge on any atom is 0.333 e. The second kappa shape index (κ2) is 7.29. The average molecular weight is 455 g/mol. The van der Waals surface area contributed by atoms with E-state index in [9.17, 15) is 14.0 Å². The monoisotopic (exact) mass is 454 g/mol. The molecule has 0 bridgehead atoms. The SMILES string of the molecule is COc1cnc(Cl)c(-c2cc3[nH]c(=O)n(-c4cncc5cccc(F)c45)c(=O)c3s2)c1. The smallest absolute Gasteiger partial charge is 0.333 e. The standard InChI is InChI=1S/C21H12ClFN4O3S/c1-30-11-5-12(19(22)25-8-11)16-6-14-18(31-16)20(28)27(21(29)26-14)15-9-24-7-10-3-2-4-13(23)17(10)15/h2-9H,1H3,(H,26,29). The number of rotatable bonds is 3. The molecule has 5 aromatic rings. The zero-order chi connectivity index (χ0) is 21.7. The highest BCUT2D eigenvalue weighted by Gasteiger charge is 2.18. The van der Waals surface area contributed by atoms with E-state index in [0.29, 0.717) is 27.1 Å². The van der Waals surface area contributed by atoms with E-state index < -0.39 is 17.1 Å². The van der Waals surface area contributed by atoms with E-state index in [-0.39, 0.29) is 20.9 Å². The minimum absolute atomic E-state index is 0.0692.